The van der Waals surface area contributed by atoms with Gasteiger partial charge in [-0.2, -0.15) is 0 Å². The predicted octanol–water partition coefficient (Wildman–Crippen LogP) is 2.61. The van der Waals surface area contributed by atoms with Gasteiger partial charge in [-0.05, 0) is 35.0 Å². The number of hydrogen-bond donors (Lipinski definition) is 2. The lowest BCUT2D eigenvalue weighted by Crippen LogP contribution is -2.20. The number of nitrogens with zero attached hydrogens (tertiary/aromatic N) is 1. The highest BCUT2D eigenvalue weighted by Crippen LogP contribution is 2.22. The van der Waals surface area contributed by atoms with Gasteiger partial charge >= 0.3 is 0 Å². The summed E-state index contributed by atoms with van der Waals surface area (Å²) in [7, 11) is 0. The van der Waals surface area contributed by atoms with Gasteiger partial charge in [0, 0.05) is 27.9 Å². The van der Waals surface area contributed by atoms with E-state index in [1.54, 1.807) is 0 Å². The summed E-state index contributed by atoms with van der Waals surface area (Å²) < 4.78 is 0.591. The molecule has 1 amide bonds. The molecule has 108 valence electrons. The molecule has 0 bridgehead atoms. The molecule has 0 aliphatic rings. The third kappa shape index (κ3) is 3.16. The van der Waals surface area contributed by atoms with Crippen molar-refractivity contribution in [1.29, 1.82) is 0 Å². The number of halogens is 1. The number of anilines is 1. The number of hydrogen-bond acceptors (Lipinski definition) is 4. The van der Waals surface area contributed by atoms with Crippen molar-refractivity contribution in [3.8, 4) is 0 Å². The largest absolute Gasteiger partial charge is 0.326 e. The van der Waals surface area contributed by atoms with Crippen LogP contribution in [0.25, 0.3) is 0 Å². The number of carbonyl (C=O) groups is 1. The zero-order valence-electron chi connectivity index (χ0n) is 10.8. The number of amides is 1. The highest BCUT2D eigenvalue weighted by molar-refractivity contribution is 9.10. The molecule has 0 atom stereocenters. The average molecular weight is 352 g/mol. The first-order valence-corrected chi connectivity index (χ1v) is 6.63. The highest BCUT2D eigenvalue weighted by Gasteiger charge is 2.18. The molecule has 1 aromatic heterocycles. The molecule has 8 heteroatoms. The van der Waals surface area contributed by atoms with Crippen LogP contribution in [0, 0.1) is 17.0 Å². The van der Waals surface area contributed by atoms with Crippen LogP contribution in [-0.2, 0) is 0 Å². The second kappa shape index (κ2) is 5.88. The van der Waals surface area contributed by atoms with Crippen LogP contribution in [0.3, 0.4) is 0 Å². The third-order valence-corrected chi connectivity index (χ3v) is 3.32. The molecule has 2 N–H and O–H groups in total. The van der Waals surface area contributed by atoms with Crippen LogP contribution in [-0.4, -0.2) is 15.8 Å². The van der Waals surface area contributed by atoms with Crippen molar-refractivity contribution < 1.29 is 9.72 Å². The Morgan fingerprint density at radius 1 is 1.43 bits per heavy atom. The first kappa shape index (κ1) is 14.9. The lowest BCUT2D eigenvalue weighted by molar-refractivity contribution is -0.385. The summed E-state index contributed by atoms with van der Waals surface area (Å²) in [5.41, 5.74) is -0.171. The van der Waals surface area contributed by atoms with E-state index in [1.165, 1.54) is 37.4 Å². The molecule has 21 heavy (non-hydrogen) atoms. The Kier molecular flexibility index (Phi) is 4.18. The first-order valence-electron chi connectivity index (χ1n) is 5.83. The number of H-pyrrole nitrogens is 1. The molecule has 1 heterocycles. The van der Waals surface area contributed by atoms with E-state index in [1.807, 2.05) is 0 Å². The monoisotopic (exact) mass is 351 g/mol. The summed E-state index contributed by atoms with van der Waals surface area (Å²) in [5.74, 6) is -0.584. The van der Waals surface area contributed by atoms with Crippen LogP contribution in [0.4, 0.5) is 11.4 Å². The minimum Gasteiger partial charge on any atom is -0.326 e. The SMILES string of the molecule is Cc1c(C(=O)Nc2cc(Br)c[nH]c2=O)cccc1[N+](=O)[O-]. The van der Waals surface area contributed by atoms with Crippen molar-refractivity contribution in [1.82, 2.24) is 4.98 Å². The van der Waals surface area contributed by atoms with E-state index in [4.69, 9.17) is 0 Å². The van der Waals surface area contributed by atoms with Crippen molar-refractivity contribution in [2.24, 2.45) is 0 Å². The van der Waals surface area contributed by atoms with Crippen LogP contribution >= 0.6 is 15.9 Å². The van der Waals surface area contributed by atoms with Crippen molar-refractivity contribution >= 4 is 33.2 Å². The van der Waals surface area contributed by atoms with Crippen molar-refractivity contribution in [2.45, 2.75) is 6.92 Å². The van der Waals surface area contributed by atoms with Gasteiger partial charge in [0.1, 0.15) is 5.69 Å². The van der Waals surface area contributed by atoms with E-state index in [9.17, 15) is 19.7 Å². The number of benzene rings is 1. The number of aromatic nitrogens is 1. The molecule has 0 aliphatic carbocycles. The average Bonchev–Trinajstić information content (AvgIpc) is 2.42. The zero-order chi connectivity index (χ0) is 15.6. The molecule has 0 unspecified atom stereocenters. The Bertz CT molecular complexity index is 785. The van der Waals surface area contributed by atoms with E-state index in [0.717, 1.165) is 0 Å². The molecule has 0 spiro atoms. The molecule has 0 saturated heterocycles. The van der Waals surface area contributed by atoms with E-state index >= 15 is 0 Å². The number of aromatic amines is 1. The summed E-state index contributed by atoms with van der Waals surface area (Å²) in [5, 5.41) is 13.3. The fourth-order valence-electron chi connectivity index (χ4n) is 1.81. The minimum atomic E-state index is -0.584. The normalized spacial score (nSPS) is 10.2. The number of carbonyl (C=O) groups excluding carboxylic acids is 1. The van der Waals surface area contributed by atoms with Crippen LogP contribution < -0.4 is 10.9 Å². The number of pyridine rings is 1. The van der Waals surface area contributed by atoms with E-state index in [-0.39, 0.29) is 22.5 Å². The van der Waals surface area contributed by atoms with Gasteiger partial charge in [0.25, 0.3) is 17.2 Å². The summed E-state index contributed by atoms with van der Waals surface area (Å²) in [6.07, 6.45) is 1.44. The smallest absolute Gasteiger partial charge is 0.273 e. The molecular weight excluding hydrogens is 342 g/mol. The topological polar surface area (TPSA) is 105 Å². The zero-order valence-corrected chi connectivity index (χ0v) is 12.4. The fraction of sp³-hybridized carbons (Fsp3) is 0.0769. The number of nitro benzene ring substituents is 1. The van der Waals surface area contributed by atoms with E-state index in [2.05, 4.69) is 26.2 Å². The third-order valence-electron chi connectivity index (χ3n) is 2.86. The van der Waals surface area contributed by atoms with Gasteiger partial charge in [-0.1, -0.05) is 6.07 Å². The molecule has 0 aliphatic heterocycles. The van der Waals surface area contributed by atoms with Crippen molar-refractivity contribution in [3.05, 3.63) is 66.5 Å². The van der Waals surface area contributed by atoms with Gasteiger partial charge in [-0.3, -0.25) is 19.7 Å². The van der Waals surface area contributed by atoms with Crippen LogP contribution in [0.2, 0.25) is 0 Å². The standard InChI is InChI=1S/C13H10BrN3O4/c1-7-9(3-2-4-11(7)17(20)21)12(18)16-10-5-8(14)6-15-13(10)19/h2-6H,1H3,(H,15,19)(H,16,18). The van der Waals surface area contributed by atoms with Gasteiger partial charge < -0.3 is 10.3 Å². The molecule has 2 aromatic rings. The molecular formula is C13H10BrN3O4. The van der Waals surface area contributed by atoms with Gasteiger partial charge in [-0.25, -0.2) is 0 Å². The predicted molar refractivity (Wildman–Crippen MR) is 80.5 cm³/mol. The second-order valence-corrected chi connectivity index (χ2v) is 5.14. The molecule has 2 rings (SSSR count). The Labute approximate surface area is 127 Å². The molecule has 0 fully saturated rings. The maximum Gasteiger partial charge on any atom is 0.273 e. The quantitative estimate of drug-likeness (QED) is 0.654. The Morgan fingerprint density at radius 3 is 2.81 bits per heavy atom. The summed E-state index contributed by atoms with van der Waals surface area (Å²) in [4.78, 5) is 36.5. The summed E-state index contributed by atoms with van der Waals surface area (Å²) in [6.45, 7) is 1.48. The van der Waals surface area contributed by atoms with Gasteiger partial charge in [0.2, 0.25) is 0 Å². The Hall–Kier alpha value is -2.48. The second-order valence-electron chi connectivity index (χ2n) is 4.22. The first-order chi connectivity index (χ1) is 9.90. The van der Waals surface area contributed by atoms with Gasteiger partial charge in [0.15, 0.2) is 0 Å². The maximum atomic E-state index is 12.2. The van der Waals surface area contributed by atoms with Crippen LogP contribution in [0.1, 0.15) is 15.9 Å². The van der Waals surface area contributed by atoms with Crippen molar-refractivity contribution in [3.63, 3.8) is 0 Å². The molecule has 7 nitrogen and oxygen atoms in total. The Morgan fingerprint density at radius 2 is 2.14 bits per heavy atom. The highest BCUT2D eigenvalue weighted by atomic mass is 79.9. The summed E-state index contributed by atoms with van der Waals surface area (Å²) in [6, 6.07) is 5.65. The van der Waals surface area contributed by atoms with Crippen molar-refractivity contribution in [2.75, 3.05) is 5.32 Å². The summed E-state index contributed by atoms with van der Waals surface area (Å²) >= 11 is 3.18. The minimum absolute atomic E-state index is 0.0558. The van der Waals surface area contributed by atoms with Gasteiger partial charge in [0.05, 0.1) is 4.92 Å². The lowest BCUT2D eigenvalue weighted by atomic mass is 10.1. The molecule has 1 aromatic carbocycles. The van der Waals surface area contributed by atoms with Crippen LogP contribution in [0.5, 0.6) is 0 Å². The Balaban J connectivity index is 2.37. The van der Waals surface area contributed by atoms with Gasteiger partial charge in [-0.15, -0.1) is 0 Å². The fourth-order valence-corrected chi connectivity index (χ4v) is 2.15. The molecule has 0 saturated carbocycles. The van der Waals surface area contributed by atoms with E-state index in [0.29, 0.717) is 4.47 Å². The number of nitro groups is 1. The maximum absolute atomic E-state index is 12.2. The van der Waals surface area contributed by atoms with Crippen LogP contribution in [0.15, 0.2) is 39.7 Å². The van der Waals surface area contributed by atoms with E-state index < -0.39 is 16.4 Å². The molecule has 0 radical (unpaired) electrons. The number of nitrogens with one attached hydrogen (secondary N) is 2. The number of rotatable bonds is 3. The lowest BCUT2D eigenvalue weighted by Gasteiger charge is -2.07.